The Labute approximate surface area is 190 Å². The van der Waals surface area contributed by atoms with Crippen LogP contribution in [-0.2, 0) is 9.47 Å². The van der Waals surface area contributed by atoms with Gasteiger partial charge in [-0.1, -0.05) is 12.1 Å². The van der Waals surface area contributed by atoms with E-state index in [1.165, 1.54) is 19.2 Å². The molecule has 8 nitrogen and oxygen atoms in total. The number of methoxy groups -OCH3 is 1. The Morgan fingerprint density at radius 2 is 1.55 bits per heavy atom. The zero-order valence-corrected chi connectivity index (χ0v) is 18.5. The quantitative estimate of drug-likeness (QED) is 0.419. The van der Waals surface area contributed by atoms with Crippen LogP contribution in [0.25, 0.3) is 5.69 Å². The van der Waals surface area contributed by atoms with E-state index in [1.807, 2.05) is 36.6 Å². The van der Waals surface area contributed by atoms with Gasteiger partial charge in [-0.2, -0.15) is 0 Å². The Balaban J connectivity index is 1.53. The molecule has 0 fully saturated rings. The van der Waals surface area contributed by atoms with Crippen LogP contribution in [0.3, 0.4) is 0 Å². The minimum absolute atomic E-state index is 0.0406. The second kappa shape index (κ2) is 9.20. The average molecular weight is 449 g/mol. The maximum atomic E-state index is 12.9. The Hall–Kier alpha value is -4.07. The number of fused-ring (bicyclic) bond motifs is 1. The summed E-state index contributed by atoms with van der Waals surface area (Å²) in [5.41, 5.74) is 2.94. The number of benzene rings is 2. The summed E-state index contributed by atoms with van der Waals surface area (Å²) in [7, 11) is 1.23. The lowest BCUT2D eigenvalue weighted by molar-refractivity contribution is 0.0463. The van der Waals surface area contributed by atoms with E-state index in [9.17, 15) is 14.4 Å². The van der Waals surface area contributed by atoms with Gasteiger partial charge in [0.15, 0.2) is 18.1 Å². The SMILES string of the molecule is COC(=O)c1ccccc1C(=O)OCC(=O)c1cc(C)n(-c2ccc3c(c2)OCCO3)c1C. The van der Waals surface area contributed by atoms with E-state index in [-0.39, 0.29) is 16.9 Å². The molecule has 2 aromatic carbocycles. The lowest BCUT2D eigenvalue weighted by atomic mass is 10.1. The molecule has 170 valence electrons. The second-order valence-corrected chi connectivity index (χ2v) is 7.48. The fraction of sp³-hybridized carbons (Fsp3) is 0.240. The molecule has 33 heavy (non-hydrogen) atoms. The topological polar surface area (TPSA) is 93.1 Å². The van der Waals surface area contributed by atoms with Crippen LogP contribution in [0.5, 0.6) is 11.5 Å². The minimum Gasteiger partial charge on any atom is -0.486 e. The fourth-order valence-corrected chi connectivity index (χ4v) is 3.85. The van der Waals surface area contributed by atoms with Gasteiger partial charge < -0.3 is 23.5 Å². The van der Waals surface area contributed by atoms with Crippen molar-refractivity contribution in [2.45, 2.75) is 13.8 Å². The van der Waals surface area contributed by atoms with Gasteiger partial charge in [-0.05, 0) is 44.2 Å². The molecular weight excluding hydrogens is 426 g/mol. The molecule has 0 saturated heterocycles. The first-order chi connectivity index (χ1) is 15.9. The van der Waals surface area contributed by atoms with Crippen LogP contribution in [-0.4, -0.2) is 49.2 Å². The maximum Gasteiger partial charge on any atom is 0.339 e. The average Bonchev–Trinajstić information content (AvgIpc) is 3.15. The summed E-state index contributed by atoms with van der Waals surface area (Å²) in [6.45, 7) is 4.24. The molecule has 0 amide bonds. The van der Waals surface area contributed by atoms with E-state index in [4.69, 9.17) is 18.9 Å². The van der Waals surface area contributed by atoms with E-state index in [0.29, 0.717) is 36.0 Å². The third-order valence-electron chi connectivity index (χ3n) is 5.40. The van der Waals surface area contributed by atoms with Gasteiger partial charge in [0.2, 0.25) is 5.78 Å². The molecule has 2 heterocycles. The van der Waals surface area contributed by atoms with Crippen molar-refractivity contribution in [1.29, 1.82) is 0 Å². The van der Waals surface area contributed by atoms with Gasteiger partial charge in [-0.25, -0.2) is 9.59 Å². The first-order valence-corrected chi connectivity index (χ1v) is 10.4. The molecule has 0 bridgehead atoms. The van der Waals surface area contributed by atoms with Crippen LogP contribution in [0.2, 0.25) is 0 Å². The molecule has 4 rings (SSSR count). The molecule has 3 aromatic rings. The Kier molecular flexibility index (Phi) is 6.17. The van der Waals surface area contributed by atoms with E-state index < -0.39 is 18.5 Å². The van der Waals surface area contributed by atoms with Gasteiger partial charge in [-0.3, -0.25) is 4.79 Å². The Morgan fingerprint density at radius 3 is 2.24 bits per heavy atom. The Morgan fingerprint density at radius 1 is 0.879 bits per heavy atom. The number of carbonyl (C=O) groups is 3. The third kappa shape index (κ3) is 4.32. The molecule has 0 unspecified atom stereocenters. The number of nitrogens with zero attached hydrogens (tertiary/aromatic N) is 1. The smallest absolute Gasteiger partial charge is 0.339 e. The van der Waals surface area contributed by atoms with Crippen molar-refractivity contribution in [2.24, 2.45) is 0 Å². The van der Waals surface area contributed by atoms with Crippen LogP contribution in [0.4, 0.5) is 0 Å². The summed E-state index contributed by atoms with van der Waals surface area (Å²) >= 11 is 0. The van der Waals surface area contributed by atoms with E-state index in [0.717, 1.165) is 11.4 Å². The van der Waals surface area contributed by atoms with E-state index >= 15 is 0 Å². The molecule has 0 aliphatic carbocycles. The summed E-state index contributed by atoms with van der Waals surface area (Å²) in [4.78, 5) is 37.3. The summed E-state index contributed by atoms with van der Waals surface area (Å²) in [5.74, 6) is -0.446. The predicted octanol–water partition coefficient (Wildman–Crippen LogP) is 3.69. The highest BCUT2D eigenvalue weighted by molar-refractivity contribution is 6.05. The third-order valence-corrected chi connectivity index (χ3v) is 5.40. The number of rotatable bonds is 6. The standard InChI is InChI=1S/C25H23NO7/c1-15-12-20(16(2)26(15)17-8-9-22-23(13-17)32-11-10-31-22)21(27)14-33-25(29)19-7-5-4-6-18(19)24(28)30-3/h4-9,12-13H,10-11,14H2,1-3H3. The summed E-state index contributed by atoms with van der Waals surface area (Å²) in [6.07, 6.45) is 0. The molecule has 1 aromatic heterocycles. The van der Waals surface area contributed by atoms with E-state index in [1.54, 1.807) is 18.2 Å². The largest absolute Gasteiger partial charge is 0.486 e. The first kappa shape index (κ1) is 22.1. The number of hydrogen-bond donors (Lipinski definition) is 0. The van der Waals surface area contributed by atoms with Crippen molar-refractivity contribution >= 4 is 17.7 Å². The molecule has 0 N–H and O–H groups in total. The lowest BCUT2D eigenvalue weighted by Crippen LogP contribution is -2.17. The number of Topliss-reactive ketones (excluding diaryl/α,β-unsaturated/α-hetero) is 1. The summed E-state index contributed by atoms with van der Waals surface area (Å²) in [6, 6.07) is 13.5. The maximum absolute atomic E-state index is 12.9. The van der Waals surface area contributed by atoms with Gasteiger partial charge in [0.25, 0.3) is 0 Å². The highest BCUT2D eigenvalue weighted by atomic mass is 16.6. The van der Waals surface area contributed by atoms with Crippen molar-refractivity contribution in [3.63, 3.8) is 0 Å². The molecule has 0 atom stereocenters. The van der Waals surface area contributed by atoms with Gasteiger partial charge in [0, 0.05) is 28.7 Å². The van der Waals surface area contributed by atoms with Crippen LogP contribution in [0, 0.1) is 13.8 Å². The number of esters is 2. The molecule has 0 radical (unpaired) electrons. The predicted molar refractivity (Wildman–Crippen MR) is 119 cm³/mol. The van der Waals surface area contributed by atoms with Crippen molar-refractivity contribution in [3.8, 4) is 17.2 Å². The number of ketones is 1. The van der Waals surface area contributed by atoms with Gasteiger partial charge in [-0.15, -0.1) is 0 Å². The van der Waals surface area contributed by atoms with Crippen molar-refractivity contribution in [3.05, 3.63) is 76.6 Å². The first-order valence-electron chi connectivity index (χ1n) is 10.4. The second-order valence-electron chi connectivity index (χ2n) is 7.48. The fourth-order valence-electron chi connectivity index (χ4n) is 3.85. The number of hydrogen-bond acceptors (Lipinski definition) is 7. The monoisotopic (exact) mass is 449 g/mol. The van der Waals surface area contributed by atoms with Gasteiger partial charge in [0.1, 0.15) is 13.2 Å². The lowest BCUT2D eigenvalue weighted by Gasteiger charge is -2.20. The zero-order valence-electron chi connectivity index (χ0n) is 18.5. The summed E-state index contributed by atoms with van der Waals surface area (Å²) < 4.78 is 23.1. The van der Waals surface area contributed by atoms with Crippen LogP contribution >= 0.6 is 0 Å². The van der Waals surface area contributed by atoms with Crippen LogP contribution in [0.15, 0.2) is 48.5 Å². The molecule has 1 aliphatic rings. The molecule has 0 spiro atoms. The number of carbonyl (C=O) groups excluding carboxylic acids is 3. The zero-order chi connectivity index (χ0) is 23.5. The summed E-state index contributed by atoms with van der Waals surface area (Å²) in [5, 5.41) is 0. The van der Waals surface area contributed by atoms with Crippen molar-refractivity contribution in [1.82, 2.24) is 4.57 Å². The molecule has 8 heteroatoms. The molecule has 1 aliphatic heterocycles. The minimum atomic E-state index is -0.773. The Bertz CT molecular complexity index is 1240. The number of ether oxygens (including phenoxy) is 4. The molecular formula is C25H23NO7. The highest BCUT2D eigenvalue weighted by Crippen LogP contribution is 2.33. The number of aryl methyl sites for hydroxylation is 1. The van der Waals surface area contributed by atoms with Gasteiger partial charge in [0.05, 0.1) is 18.2 Å². The number of aromatic nitrogens is 1. The molecule has 0 saturated carbocycles. The normalized spacial score (nSPS) is 12.2. The van der Waals surface area contributed by atoms with E-state index in [2.05, 4.69) is 0 Å². The van der Waals surface area contributed by atoms with Crippen molar-refractivity contribution < 1.29 is 33.3 Å². The highest BCUT2D eigenvalue weighted by Gasteiger charge is 2.22. The van der Waals surface area contributed by atoms with Crippen LogP contribution < -0.4 is 9.47 Å². The van der Waals surface area contributed by atoms with Crippen LogP contribution in [0.1, 0.15) is 42.5 Å². The van der Waals surface area contributed by atoms with Crippen molar-refractivity contribution in [2.75, 3.05) is 26.9 Å². The van der Waals surface area contributed by atoms with Gasteiger partial charge >= 0.3 is 11.9 Å².